The maximum absolute atomic E-state index is 12.7. The highest BCUT2D eigenvalue weighted by Crippen LogP contribution is 2.05. The fraction of sp³-hybridized carbons (Fsp3) is 0.722. The highest BCUT2D eigenvalue weighted by atomic mass is 32.2. The number of rotatable bonds is 15. The van der Waals surface area contributed by atoms with E-state index >= 15 is 0 Å². The van der Waals surface area contributed by atoms with Crippen LogP contribution >= 0.6 is 11.8 Å². The quantitative estimate of drug-likeness (QED) is 0.0678. The topological polar surface area (TPSA) is 235 Å². The summed E-state index contributed by atoms with van der Waals surface area (Å²) in [5, 5.41) is 26.0. The summed E-state index contributed by atoms with van der Waals surface area (Å²) in [5.41, 5.74) is 16.1. The Bertz CT molecular complexity index is 672. The van der Waals surface area contributed by atoms with Crippen LogP contribution < -0.4 is 33.2 Å². The maximum Gasteiger partial charge on any atom is 0.326 e. The molecule has 3 amide bonds. The number of nitrogens with zero attached hydrogens (tertiary/aromatic N) is 1. The molecule has 0 aromatic heterocycles. The van der Waals surface area contributed by atoms with Crippen LogP contribution in [0.4, 0.5) is 0 Å². The minimum Gasteiger partial charge on any atom is -0.480 e. The van der Waals surface area contributed by atoms with Crippen molar-refractivity contribution in [1.29, 1.82) is 0 Å². The van der Waals surface area contributed by atoms with Crippen LogP contribution in [0.2, 0.25) is 0 Å². The van der Waals surface area contributed by atoms with E-state index in [0.29, 0.717) is 12.2 Å². The van der Waals surface area contributed by atoms with Crippen molar-refractivity contribution in [3.63, 3.8) is 0 Å². The number of aliphatic hydroxyl groups excluding tert-OH is 1. The summed E-state index contributed by atoms with van der Waals surface area (Å²) in [5.74, 6) is -2.90. The Balaban J connectivity index is 5.22. The first kappa shape index (κ1) is 29.4. The number of aliphatic imine (C=N–C) groups is 1. The molecule has 0 fully saturated rings. The molecule has 11 N–H and O–H groups in total. The number of hydrogen-bond donors (Lipinski definition) is 8. The van der Waals surface area contributed by atoms with Crippen molar-refractivity contribution in [1.82, 2.24) is 16.0 Å². The standard InChI is InChI=1S/C18H35N7O6S/c1-9(23-16(29)13(19)10(2)26)14(27)24-11(5-4-7-22-18(20)21)15(28)25-12(17(30)31)6-8-32-3/h9-13,26H,4-8,19H2,1-3H3,(H,23,29)(H,24,27)(H,25,28)(H,30,31)(H4,20,21,22). The summed E-state index contributed by atoms with van der Waals surface area (Å²) >= 11 is 1.44. The van der Waals surface area contributed by atoms with Gasteiger partial charge in [-0.2, -0.15) is 11.8 Å². The monoisotopic (exact) mass is 477 g/mol. The van der Waals surface area contributed by atoms with Crippen molar-refractivity contribution in [2.24, 2.45) is 22.2 Å². The van der Waals surface area contributed by atoms with Crippen LogP contribution in [-0.4, -0.2) is 88.7 Å². The molecule has 14 heteroatoms. The Morgan fingerprint density at radius 3 is 2.06 bits per heavy atom. The van der Waals surface area contributed by atoms with Crippen molar-refractivity contribution in [3.05, 3.63) is 0 Å². The highest BCUT2D eigenvalue weighted by molar-refractivity contribution is 7.98. The molecule has 0 saturated heterocycles. The summed E-state index contributed by atoms with van der Waals surface area (Å²) < 4.78 is 0. The molecule has 0 aliphatic carbocycles. The van der Waals surface area contributed by atoms with Gasteiger partial charge in [0.15, 0.2) is 5.96 Å². The first-order chi connectivity index (χ1) is 14.9. The third-order valence-electron chi connectivity index (χ3n) is 4.38. The van der Waals surface area contributed by atoms with Gasteiger partial charge in [-0.3, -0.25) is 19.4 Å². The van der Waals surface area contributed by atoms with Crippen LogP contribution in [0.3, 0.4) is 0 Å². The molecule has 0 aliphatic rings. The lowest BCUT2D eigenvalue weighted by Crippen LogP contribution is -2.57. The van der Waals surface area contributed by atoms with Crippen molar-refractivity contribution in [2.45, 2.75) is 63.4 Å². The molecular formula is C18H35N7O6S. The average Bonchev–Trinajstić information content (AvgIpc) is 2.71. The molecule has 0 bridgehead atoms. The Morgan fingerprint density at radius 2 is 1.56 bits per heavy atom. The van der Waals surface area contributed by atoms with E-state index in [9.17, 15) is 29.4 Å². The lowest BCUT2D eigenvalue weighted by molar-refractivity contribution is -0.142. The summed E-state index contributed by atoms with van der Waals surface area (Å²) in [6, 6.07) is -4.49. The molecular weight excluding hydrogens is 442 g/mol. The van der Waals surface area contributed by atoms with E-state index in [1.54, 1.807) is 0 Å². The molecule has 0 heterocycles. The zero-order valence-corrected chi connectivity index (χ0v) is 19.4. The second-order valence-electron chi connectivity index (χ2n) is 7.19. The highest BCUT2D eigenvalue weighted by Gasteiger charge is 2.29. The number of nitrogens with two attached hydrogens (primary N) is 3. The number of hydrogen-bond acceptors (Lipinski definition) is 8. The fourth-order valence-electron chi connectivity index (χ4n) is 2.43. The number of aliphatic hydroxyl groups is 1. The van der Waals surface area contributed by atoms with Crippen LogP contribution in [0, 0.1) is 0 Å². The molecule has 13 nitrogen and oxygen atoms in total. The first-order valence-electron chi connectivity index (χ1n) is 10.0. The van der Waals surface area contributed by atoms with E-state index in [2.05, 4.69) is 20.9 Å². The third-order valence-corrected chi connectivity index (χ3v) is 5.02. The summed E-state index contributed by atoms with van der Waals surface area (Å²) in [4.78, 5) is 52.4. The zero-order chi connectivity index (χ0) is 24.8. The molecule has 0 radical (unpaired) electrons. The van der Waals surface area contributed by atoms with E-state index in [4.69, 9.17) is 17.2 Å². The predicted molar refractivity (Wildman–Crippen MR) is 122 cm³/mol. The Hall–Kier alpha value is -2.58. The average molecular weight is 478 g/mol. The van der Waals surface area contributed by atoms with Gasteiger partial charge in [0.1, 0.15) is 24.2 Å². The van der Waals surface area contributed by atoms with Crippen LogP contribution in [0.25, 0.3) is 0 Å². The molecule has 5 unspecified atom stereocenters. The van der Waals surface area contributed by atoms with E-state index in [0.717, 1.165) is 0 Å². The van der Waals surface area contributed by atoms with Gasteiger partial charge in [-0.05, 0) is 45.1 Å². The van der Waals surface area contributed by atoms with Gasteiger partial charge in [-0.25, -0.2) is 4.79 Å². The molecule has 32 heavy (non-hydrogen) atoms. The van der Waals surface area contributed by atoms with E-state index in [-0.39, 0.29) is 25.3 Å². The molecule has 0 spiro atoms. The number of nitrogens with one attached hydrogen (secondary N) is 3. The SMILES string of the molecule is CSCCC(NC(=O)C(CCCN=C(N)N)NC(=O)C(C)NC(=O)C(N)C(C)O)C(=O)O. The van der Waals surface area contributed by atoms with E-state index in [1.165, 1.54) is 25.6 Å². The number of carboxylic acids is 1. The third kappa shape index (κ3) is 11.7. The Labute approximate surface area is 191 Å². The molecule has 0 aliphatic heterocycles. The van der Waals surface area contributed by atoms with Crippen LogP contribution in [0.5, 0.6) is 0 Å². The number of carboxylic acid groups (broad SMARTS) is 1. The number of carbonyl (C=O) groups is 4. The summed E-state index contributed by atoms with van der Waals surface area (Å²) in [6.45, 7) is 2.92. The van der Waals surface area contributed by atoms with Crippen molar-refractivity contribution in [2.75, 3.05) is 18.6 Å². The molecule has 184 valence electrons. The van der Waals surface area contributed by atoms with Crippen LogP contribution in [0.15, 0.2) is 4.99 Å². The van der Waals surface area contributed by atoms with Crippen molar-refractivity contribution >= 4 is 41.4 Å². The van der Waals surface area contributed by atoms with Gasteiger partial charge in [-0.15, -0.1) is 0 Å². The summed E-state index contributed by atoms with van der Waals surface area (Å²) in [6.07, 6.45) is 1.35. The van der Waals surface area contributed by atoms with Crippen molar-refractivity contribution in [3.8, 4) is 0 Å². The van der Waals surface area contributed by atoms with Crippen molar-refractivity contribution < 1.29 is 29.4 Å². The largest absolute Gasteiger partial charge is 0.480 e. The fourth-order valence-corrected chi connectivity index (χ4v) is 2.90. The van der Waals surface area contributed by atoms with Gasteiger partial charge >= 0.3 is 5.97 Å². The number of guanidine groups is 1. The van der Waals surface area contributed by atoms with Gasteiger partial charge < -0.3 is 43.4 Å². The number of amides is 3. The normalized spacial score (nSPS) is 15.4. The van der Waals surface area contributed by atoms with Crippen LogP contribution in [-0.2, 0) is 19.2 Å². The van der Waals surface area contributed by atoms with Gasteiger partial charge in [0.2, 0.25) is 17.7 Å². The molecule has 0 aromatic rings. The van der Waals surface area contributed by atoms with Gasteiger partial charge in [0, 0.05) is 6.54 Å². The Morgan fingerprint density at radius 1 is 0.969 bits per heavy atom. The zero-order valence-electron chi connectivity index (χ0n) is 18.5. The Kier molecular flexibility index (Phi) is 14.0. The van der Waals surface area contributed by atoms with E-state index in [1.807, 2.05) is 6.26 Å². The number of thioether (sulfide) groups is 1. The summed E-state index contributed by atoms with van der Waals surface area (Å²) in [7, 11) is 0. The van der Waals surface area contributed by atoms with Gasteiger partial charge in [-0.1, -0.05) is 0 Å². The molecule has 0 aromatic carbocycles. The lowest BCUT2D eigenvalue weighted by Gasteiger charge is -2.24. The lowest BCUT2D eigenvalue weighted by atomic mass is 10.1. The smallest absolute Gasteiger partial charge is 0.326 e. The second-order valence-corrected chi connectivity index (χ2v) is 8.17. The number of aliphatic carboxylic acids is 1. The molecule has 5 atom stereocenters. The molecule has 0 saturated carbocycles. The minimum atomic E-state index is -1.23. The van der Waals surface area contributed by atoms with Gasteiger partial charge in [0.25, 0.3) is 0 Å². The number of carbonyl (C=O) groups excluding carboxylic acids is 3. The predicted octanol–water partition coefficient (Wildman–Crippen LogP) is -2.94. The van der Waals surface area contributed by atoms with E-state index < -0.39 is 54.0 Å². The van der Waals surface area contributed by atoms with Gasteiger partial charge in [0.05, 0.1) is 6.10 Å². The maximum atomic E-state index is 12.7. The molecule has 0 rings (SSSR count). The van der Waals surface area contributed by atoms with Crippen LogP contribution in [0.1, 0.15) is 33.1 Å². The second kappa shape index (κ2) is 15.3. The first-order valence-corrected chi connectivity index (χ1v) is 11.4. The minimum absolute atomic E-state index is 0.121.